The van der Waals surface area contributed by atoms with Crippen LogP contribution in [-0.4, -0.2) is 4.98 Å². The quantitative estimate of drug-likeness (QED) is 0.572. The van der Waals surface area contributed by atoms with Crippen molar-refractivity contribution in [2.24, 2.45) is 5.84 Å². The molecule has 2 aromatic carbocycles. The Hall–Kier alpha value is -1.94. The van der Waals surface area contributed by atoms with E-state index >= 15 is 0 Å². The zero-order valence-corrected chi connectivity index (χ0v) is 12.4. The highest BCUT2D eigenvalue weighted by Crippen LogP contribution is 2.29. The Kier molecular flexibility index (Phi) is 3.88. The van der Waals surface area contributed by atoms with Gasteiger partial charge in [-0.25, -0.2) is 5.43 Å². The van der Waals surface area contributed by atoms with Crippen LogP contribution >= 0.6 is 11.6 Å². The molecule has 0 aliphatic rings. The lowest BCUT2D eigenvalue weighted by atomic mass is 9.98. The summed E-state index contributed by atoms with van der Waals surface area (Å²) in [5, 5.41) is 1.78. The summed E-state index contributed by atoms with van der Waals surface area (Å²) in [4.78, 5) is 4.48. The monoisotopic (exact) mass is 297 g/mol. The van der Waals surface area contributed by atoms with Crippen LogP contribution in [0.5, 0.6) is 0 Å². The summed E-state index contributed by atoms with van der Waals surface area (Å²) in [6.45, 7) is 2.01. The van der Waals surface area contributed by atoms with Gasteiger partial charge in [-0.3, -0.25) is 10.8 Å². The number of hydrazine groups is 1. The highest BCUT2D eigenvalue weighted by Gasteiger charge is 2.16. The average Bonchev–Trinajstić information content (AvgIpc) is 2.50. The van der Waals surface area contributed by atoms with E-state index in [2.05, 4.69) is 16.5 Å². The van der Waals surface area contributed by atoms with Crippen LogP contribution in [0.25, 0.3) is 10.9 Å². The molecule has 1 aromatic heterocycles. The Labute approximate surface area is 128 Å². The number of hydrogen-bond acceptors (Lipinski definition) is 3. The zero-order chi connectivity index (χ0) is 14.8. The fourth-order valence-corrected chi connectivity index (χ4v) is 2.82. The van der Waals surface area contributed by atoms with Gasteiger partial charge < -0.3 is 0 Å². The van der Waals surface area contributed by atoms with E-state index in [1.54, 1.807) is 0 Å². The van der Waals surface area contributed by atoms with Crippen molar-refractivity contribution in [3.63, 3.8) is 0 Å². The van der Waals surface area contributed by atoms with E-state index in [9.17, 15) is 0 Å². The first-order valence-electron chi connectivity index (χ1n) is 6.76. The first-order valence-corrected chi connectivity index (χ1v) is 7.13. The van der Waals surface area contributed by atoms with E-state index in [1.807, 2.05) is 55.6 Å². The van der Waals surface area contributed by atoms with Crippen molar-refractivity contribution < 1.29 is 0 Å². The lowest BCUT2D eigenvalue weighted by Gasteiger charge is -2.18. The van der Waals surface area contributed by atoms with E-state index in [0.29, 0.717) is 5.02 Å². The topological polar surface area (TPSA) is 50.9 Å². The van der Waals surface area contributed by atoms with Gasteiger partial charge in [-0.05, 0) is 41.8 Å². The van der Waals surface area contributed by atoms with Gasteiger partial charge in [0.1, 0.15) is 0 Å². The molecule has 1 atom stereocenters. The summed E-state index contributed by atoms with van der Waals surface area (Å²) >= 11 is 6.36. The maximum Gasteiger partial charge on any atom is 0.0739 e. The number of aryl methyl sites for hydroxylation is 1. The van der Waals surface area contributed by atoms with E-state index < -0.39 is 0 Å². The van der Waals surface area contributed by atoms with Gasteiger partial charge in [0.05, 0.1) is 11.6 Å². The Morgan fingerprint density at radius 2 is 1.95 bits per heavy atom. The van der Waals surface area contributed by atoms with E-state index in [0.717, 1.165) is 27.6 Å². The van der Waals surface area contributed by atoms with Crippen LogP contribution in [0.2, 0.25) is 5.02 Å². The number of nitrogens with zero attached hydrogens (tertiary/aromatic N) is 1. The standard InChI is InChI=1S/C17H16ClN3/c1-11-6-7-14(15(18)8-11)17(21-19)13-9-12-4-2-3-5-16(12)20-10-13/h2-10,17,21H,19H2,1H3. The third-order valence-electron chi connectivity index (χ3n) is 3.58. The van der Waals surface area contributed by atoms with Crippen molar-refractivity contribution in [3.05, 3.63) is 76.4 Å². The summed E-state index contributed by atoms with van der Waals surface area (Å²) < 4.78 is 0. The van der Waals surface area contributed by atoms with Gasteiger partial charge in [-0.2, -0.15) is 0 Å². The molecule has 4 heteroatoms. The van der Waals surface area contributed by atoms with Crippen LogP contribution < -0.4 is 11.3 Å². The van der Waals surface area contributed by atoms with Crippen molar-refractivity contribution in [3.8, 4) is 0 Å². The normalized spacial score (nSPS) is 12.5. The highest BCUT2D eigenvalue weighted by atomic mass is 35.5. The Morgan fingerprint density at radius 1 is 1.14 bits per heavy atom. The number of para-hydroxylation sites is 1. The minimum atomic E-state index is -0.185. The van der Waals surface area contributed by atoms with Crippen molar-refractivity contribution >= 4 is 22.5 Å². The molecule has 0 radical (unpaired) electrons. The third-order valence-corrected chi connectivity index (χ3v) is 3.91. The van der Waals surface area contributed by atoms with Gasteiger partial charge in [0, 0.05) is 16.6 Å². The number of nitrogens with two attached hydrogens (primary N) is 1. The molecule has 1 heterocycles. The van der Waals surface area contributed by atoms with Crippen LogP contribution in [0, 0.1) is 6.92 Å². The lowest BCUT2D eigenvalue weighted by Crippen LogP contribution is -2.29. The number of fused-ring (bicyclic) bond motifs is 1. The number of halogens is 1. The molecule has 0 amide bonds. The second kappa shape index (κ2) is 5.82. The third kappa shape index (κ3) is 2.76. The Balaban J connectivity index is 2.09. The van der Waals surface area contributed by atoms with Gasteiger partial charge in [0.15, 0.2) is 0 Å². The first-order chi connectivity index (χ1) is 10.2. The molecule has 0 saturated carbocycles. The molecule has 21 heavy (non-hydrogen) atoms. The summed E-state index contributed by atoms with van der Waals surface area (Å²) in [6.07, 6.45) is 1.84. The largest absolute Gasteiger partial charge is 0.271 e. The second-order valence-corrected chi connectivity index (χ2v) is 5.49. The summed E-state index contributed by atoms with van der Waals surface area (Å²) in [5.41, 5.74) is 6.86. The zero-order valence-electron chi connectivity index (χ0n) is 11.7. The lowest BCUT2D eigenvalue weighted by molar-refractivity contribution is 0.636. The van der Waals surface area contributed by atoms with Crippen molar-refractivity contribution in [2.75, 3.05) is 0 Å². The highest BCUT2D eigenvalue weighted by molar-refractivity contribution is 6.31. The second-order valence-electron chi connectivity index (χ2n) is 5.09. The summed E-state index contributed by atoms with van der Waals surface area (Å²) in [5.74, 6) is 5.75. The summed E-state index contributed by atoms with van der Waals surface area (Å²) in [6, 6.07) is 15.9. The first kappa shape index (κ1) is 14.0. The molecule has 3 N–H and O–H groups in total. The smallest absolute Gasteiger partial charge is 0.0739 e. The van der Waals surface area contributed by atoms with Crippen LogP contribution in [0.1, 0.15) is 22.7 Å². The van der Waals surface area contributed by atoms with Crippen LogP contribution in [-0.2, 0) is 0 Å². The number of pyridine rings is 1. The molecule has 0 fully saturated rings. The van der Waals surface area contributed by atoms with Gasteiger partial charge >= 0.3 is 0 Å². The maximum atomic E-state index is 6.36. The molecule has 3 aromatic rings. The SMILES string of the molecule is Cc1ccc(C(NN)c2cnc3ccccc3c2)c(Cl)c1. The van der Waals surface area contributed by atoms with Crippen molar-refractivity contribution in [1.82, 2.24) is 10.4 Å². The minimum absolute atomic E-state index is 0.185. The molecule has 0 bridgehead atoms. The number of hydrogen-bond donors (Lipinski definition) is 2. The predicted octanol–water partition coefficient (Wildman–Crippen LogP) is 3.75. The molecule has 1 unspecified atom stereocenters. The van der Waals surface area contributed by atoms with Gasteiger partial charge in [0.2, 0.25) is 0 Å². The number of benzene rings is 2. The molecule has 0 spiro atoms. The van der Waals surface area contributed by atoms with E-state index in [-0.39, 0.29) is 6.04 Å². The molecule has 3 nitrogen and oxygen atoms in total. The minimum Gasteiger partial charge on any atom is -0.271 e. The fourth-order valence-electron chi connectivity index (χ4n) is 2.48. The molecular formula is C17H16ClN3. The molecule has 106 valence electrons. The molecule has 3 rings (SSSR count). The van der Waals surface area contributed by atoms with Gasteiger partial charge in [-0.15, -0.1) is 0 Å². The van der Waals surface area contributed by atoms with E-state index in [4.69, 9.17) is 17.4 Å². The number of aromatic nitrogens is 1. The Bertz CT molecular complexity index is 786. The molecule has 0 aliphatic heterocycles. The van der Waals surface area contributed by atoms with Crippen molar-refractivity contribution in [1.29, 1.82) is 0 Å². The van der Waals surface area contributed by atoms with Crippen LogP contribution in [0.15, 0.2) is 54.7 Å². The van der Waals surface area contributed by atoms with Crippen molar-refractivity contribution in [2.45, 2.75) is 13.0 Å². The van der Waals surface area contributed by atoms with E-state index in [1.165, 1.54) is 0 Å². The van der Waals surface area contributed by atoms with Crippen LogP contribution in [0.3, 0.4) is 0 Å². The maximum absolute atomic E-state index is 6.36. The molecular weight excluding hydrogens is 282 g/mol. The van der Waals surface area contributed by atoms with Crippen LogP contribution in [0.4, 0.5) is 0 Å². The fraction of sp³-hybridized carbons (Fsp3) is 0.118. The molecule has 0 aliphatic carbocycles. The predicted molar refractivity (Wildman–Crippen MR) is 87.1 cm³/mol. The summed E-state index contributed by atoms with van der Waals surface area (Å²) in [7, 11) is 0. The molecule has 0 saturated heterocycles. The average molecular weight is 298 g/mol. The van der Waals surface area contributed by atoms with Gasteiger partial charge in [0.25, 0.3) is 0 Å². The number of rotatable bonds is 3. The number of nitrogens with one attached hydrogen (secondary N) is 1. The van der Waals surface area contributed by atoms with Gasteiger partial charge in [-0.1, -0.05) is 41.9 Å². The Morgan fingerprint density at radius 3 is 2.71 bits per heavy atom.